The number of thiazole rings is 1. The minimum absolute atomic E-state index is 0.327. The van der Waals surface area contributed by atoms with Crippen molar-refractivity contribution >= 4 is 56.3 Å². The van der Waals surface area contributed by atoms with Crippen molar-refractivity contribution in [3.05, 3.63) is 70.2 Å². The number of hydrogen-bond donors (Lipinski definition) is 1. The molecule has 152 valence electrons. The molecule has 0 aliphatic heterocycles. The topological polar surface area (TPSA) is 60.5 Å². The number of amides is 1. The first-order valence-corrected chi connectivity index (χ1v) is 10.4. The lowest BCUT2D eigenvalue weighted by molar-refractivity contribution is 0.102. The van der Waals surface area contributed by atoms with E-state index in [-0.39, 0.29) is 5.91 Å². The van der Waals surface area contributed by atoms with Crippen LogP contribution in [0.1, 0.15) is 10.4 Å². The Balaban J connectivity index is 1.70. The van der Waals surface area contributed by atoms with Crippen LogP contribution in [0.15, 0.2) is 54.6 Å². The first-order chi connectivity index (χ1) is 14.5. The largest absolute Gasteiger partial charge is 0.497 e. The number of anilines is 1. The molecule has 0 saturated carbocycles. The van der Waals surface area contributed by atoms with Gasteiger partial charge in [-0.15, -0.1) is 11.3 Å². The number of nitrogens with one attached hydrogen (secondary N) is 1. The minimum Gasteiger partial charge on any atom is -0.497 e. The molecule has 1 amide bonds. The Morgan fingerprint density at radius 3 is 2.33 bits per heavy atom. The predicted molar refractivity (Wildman–Crippen MR) is 123 cm³/mol. The molecule has 0 aliphatic carbocycles. The van der Waals surface area contributed by atoms with Crippen molar-refractivity contribution in [2.24, 2.45) is 0 Å². The minimum atomic E-state index is -0.355. The number of fused-ring (bicyclic) bond motifs is 1. The highest BCUT2D eigenvalue weighted by Gasteiger charge is 2.16. The van der Waals surface area contributed by atoms with E-state index in [1.54, 1.807) is 30.3 Å². The van der Waals surface area contributed by atoms with Gasteiger partial charge in [0.15, 0.2) is 0 Å². The van der Waals surface area contributed by atoms with Crippen molar-refractivity contribution in [3.8, 4) is 22.1 Å². The van der Waals surface area contributed by atoms with Gasteiger partial charge in [0.05, 0.1) is 40.2 Å². The van der Waals surface area contributed by atoms with E-state index in [2.05, 4.69) is 10.3 Å². The van der Waals surface area contributed by atoms with Crippen molar-refractivity contribution in [1.82, 2.24) is 4.98 Å². The lowest BCUT2D eigenvalue weighted by Gasteiger charge is -2.12. The molecule has 0 unspecified atom stereocenters. The molecule has 1 heterocycles. The Labute approximate surface area is 187 Å². The maximum Gasteiger partial charge on any atom is 0.255 e. The van der Waals surface area contributed by atoms with E-state index in [1.807, 2.05) is 24.3 Å². The van der Waals surface area contributed by atoms with E-state index in [4.69, 9.17) is 32.7 Å². The predicted octanol–water partition coefficient (Wildman–Crippen LogP) is 6.54. The summed E-state index contributed by atoms with van der Waals surface area (Å²) in [6, 6.07) is 16.1. The summed E-state index contributed by atoms with van der Waals surface area (Å²) in [5.41, 5.74) is 2.39. The van der Waals surface area contributed by atoms with Gasteiger partial charge in [-0.2, -0.15) is 0 Å². The van der Waals surface area contributed by atoms with Crippen LogP contribution in [0.5, 0.6) is 11.5 Å². The van der Waals surface area contributed by atoms with E-state index in [0.717, 1.165) is 15.2 Å². The number of hydrogen-bond acceptors (Lipinski definition) is 5. The standard InChI is InChI=1S/C22H16Cl2N2O3S/c1-28-13-7-12(8-14(9-13)29-2)21(27)25-19-10-15(16(23)11-17(19)24)22-26-18-5-3-4-6-20(18)30-22/h3-11H,1-2H3,(H,25,27). The number of nitrogens with zero attached hydrogens (tertiary/aromatic N) is 1. The van der Waals surface area contributed by atoms with Crippen molar-refractivity contribution in [2.45, 2.75) is 0 Å². The molecular formula is C22H16Cl2N2O3S. The number of methoxy groups -OCH3 is 2. The van der Waals surface area contributed by atoms with Gasteiger partial charge in [-0.1, -0.05) is 35.3 Å². The summed E-state index contributed by atoms with van der Waals surface area (Å²) in [6.07, 6.45) is 0. The number of para-hydroxylation sites is 1. The maximum absolute atomic E-state index is 12.8. The summed E-state index contributed by atoms with van der Waals surface area (Å²) >= 11 is 14.3. The molecule has 30 heavy (non-hydrogen) atoms. The van der Waals surface area contributed by atoms with Crippen molar-refractivity contribution in [1.29, 1.82) is 0 Å². The number of halogens is 2. The zero-order valence-electron chi connectivity index (χ0n) is 16.0. The fourth-order valence-electron chi connectivity index (χ4n) is 2.93. The summed E-state index contributed by atoms with van der Waals surface area (Å²) in [7, 11) is 3.05. The Kier molecular flexibility index (Phi) is 5.81. The highest BCUT2D eigenvalue weighted by atomic mass is 35.5. The summed E-state index contributed by atoms with van der Waals surface area (Å²) in [5, 5.41) is 4.37. The highest BCUT2D eigenvalue weighted by molar-refractivity contribution is 7.21. The molecule has 1 aromatic heterocycles. The zero-order valence-corrected chi connectivity index (χ0v) is 18.4. The first kappa shape index (κ1) is 20.5. The highest BCUT2D eigenvalue weighted by Crippen LogP contribution is 2.39. The second kappa shape index (κ2) is 8.52. The third-order valence-electron chi connectivity index (χ3n) is 4.44. The SMILES string of the molecule is COc1cc(OC)cc(C(=O)Nc2cc(-c3nc4ccccc4s3)c(Cl)cc2Cl)c1. The molecule has 5 nitrogen and oxygen atoms in total. The lowest BCUT2D eigenvalue weighted by Crippen LogP contribution is -2.12. The van der Waals surface area contributed by atoms with Gasteiger partial charge in [0.1, 0.15) is 16.5 Å². The molecule has 1 N–H and O–H groups in total. The molecule has 3 aromatic carbocycles. The van der Waals surface area contributed by atoms with Gasteiger partial charge in [-0.3, -0.25) is 4.79 Å². The molecule has 0 spiro atoms. The van der Waals surface area contributed by atoms with Gasteiger partial charge >= 0.3 is 0 Å². The third-order valence-corrected chi connectivity index (χ3v) is 6.14. The summed E-state index contributed by atoms with van der Waals surface area (Å²) in [4.78, 5) is 17.5. The molecule has 0 bridgehead atoms. The van der Waals surface area contributed by atoms with E-state index >= 15 is 0 Å². The molecule has 4 rings (SSSR count). The molecule has 0 aliphatic rings. The van der Waals surface area contributed by atoms with Gasteiger partial charge in [-0.25, -0.2) is 4.98 Å². The quantitative estimate of drug-likeness (QED) is 0.368. The summed E-state index contributed by atoms with van der Waals surface area (Å²) in [5.74, 6) is 0.667. The molecule has 0 radical (unpaired) electrons. The smallest absolute Gasteiger partial charge is 0.255 e. The molecule has 0 saturated heterocycles. The number of carbonyl (C=O) groups excluding carboxylic acids is 1. The maximum atomic E-state index is 12.8. The van der Waals surface area contributed by atoms with E-state index < -0.39 is 0 Å². The first-order valence-electron chi connectivity index (χ1n) is 8.88. The molecule has 0 atom stereocenters. The third kappa shape index (κ3) is 4.07. The Hall–Kier alpha value is -2.80. The summed E-state index contributed by atoms with van der Waals surface area (Å²) < 4.78 is 11.5. The number of ether oxygens (including phenoxy) is 2. The molecular weight excluding hydrogens is 443 g/mol. The summed E-state index contributed by atoms with van der Waals surface area (Å²) in [6.45, 7) is 0. The molecule has 4 aromatic rings. The van der Waals surface area contributed by atoms with Gasteiger partial charge in [0.2, 0.25) is 0 Å². The van der Waals surface area contributed by atoms with Gasteiger partial charge in [-0.05, 0) is 36.4 Å². The molecule has 8 heteroatoms. The average molecular weight is 459 g/mol. The van der Waals surface area contributed by atoms with Crippen LogP contribution >= 0.6 is 34.5 Å². The van der Waals surface area contributed by atoms with Crippen LogP contribution in [0.4, 0.5) is 5.69 Å². The van der Waals surface area contributed by atoms with Crippen molar-refractivity contribution < 1.29 is 14.3 Å². The van der Waals surface area contributed by atoms with Crippen LogP contribution < -0.4 is 14.8 Å². The van der Waals surface area contributed by atoms with Gasteiger partial charge in [0, 0.05) is 17.2 Å². The Bertz CT molecular complexity index is 1200. The van der Waals surface area contributed by atoms with Crippen LogP contribution in [0.2, 0.25) is 10.0 Å². The second-order valence-corrected chi connectivity index (χ2v) is 8.20. The average Bonchev–Trinajstić information content (AvgIpc) is 3.19. The van der Waals surface area contributed by atoms with Crippen LogP contribution in [-0.2, 0) is 0 Å². The van der Waals surface area contributed by atoms with E-state index in [1.165, 1.54) is 25.6 Å². The van der Waals surface area contributed by atoms with Gasteiger partial charge in [0.25, 0.3) is 5.91 Å². The number of aromatic nitrogens is 1. The lowest BCUT2D eigenvalue weighted by atomic mass is 10.1. The fraction of sp³-hybridized carbons (Fsp3) is 0.0909. The normalized spacial score (nSPS) is 10.8. The van der Waals surface area contributed by atoms with Crippen LogP contribution in [0.3, 0.4) is 0 Å². The number of carbonyl (C=O) groups is 1. The Morgan fingerprint density at radius 1 is 0.967 bits per heavy atom. The monoisotopic (exact) mass is 458 g/mol. The van der Waals surface area contributed by atoms with E-state index in [0.29, 0.717) is 38.4 Å². The van der Waals surface area contributed by atoms with Crippen molar-refractivity contribution in [3.63, 3.8) is 0 Å². The fourth-order valence-corrected chi connectivity index (χ4v) is 4.50. The Morgan fingerprint density at radius 2 is 1.67 bits per heavy atom. The van der Waals surface area contributed by atoms with Crippen LogP contribution in [0, 0.1) is 0 Å². The number of rotatable bonds is 5. The zero-order chi connectivity index (χ0) is 21.3. The number of benzene rings is 3. The molecule has 0 fully saturated rings. The van der Waals surface area contributed by atoms with Gasteiger partial charge < -0.3 is 14.8 Å². The second-order valence-electron chi connectivity index (χ2n) is 6.35. The van der Waals surface area contributed by atoms with Crippen LogP contribution in [-0.4, -0.2) is 25.1 Å². The van der Waals surface area contributed by atoms with E-state index in [9.17, 15) is 4.79 Å². The van der Waals surface area contributed by atoms with Crippen LogP contribution in [0.25, 0.3) is 20.8 Å². The van der Waals surface area contributed by atoms with Crippen molar-refractivity contribution in [2.75, 3.05) is 19.5 Å².